The maximum atomic E-state index is 14.0. The third-order valence-electron chi connectivity index (χ3n) is 4.26. The van der Waals surface area contributed by atoms with E-state index in [1.54, 1.807) is 24.5 Å². The molecule has 4 rings (SSSR count). The number of nitrogens with one attached hydrogen (secondary N) is 1. The predicted octanol–water partition coefficient (Wildman–Crippen LogP) is 2.34. The van der Waals surface area contributed by atoms with E-state index in [9.17, 15) is 8.78 Å². The number of nitrogens with zero attached hydrogens (tertiary/aromatic N) is 2. The van der Waals surface area contributed by atoms with Crippen molar-refractivity contribution < 1.29 is 13.5 Å². The van der Waals surface area contributed by atoms with Crippen molar-refractivity contribution in [2.24, 2.45) is 0 Å². The first kappa shape index (κ1) is 12.2. The second kappa shape index (κ2) is 4.23. The Labute approximate surface area is 114 Å². The Morgan fingerprint density at radius 1 is 1.40 bits per heavy atom. The van der Waals surface area contributed by atoms with Gasteiger partial charge in [-0.05, 0) is 24.1 Å². The van der Waals surface area contributed by atoms with Crippen LogP contribution in [0.1, 0.15) is 18.0 Å². The molecule has 1 aromatic carbocycles. The number of H-pyrrole nitrogens is 1. The molecule has 1 N–H and O–H groups in total. The molecule has 20 heavy (non-hydrogen) atoms. The van der Waals surface area contributed by atoms with E-state index >= 15 is 0 Å². The van der Waals surface area contributed by atoms with Crippen LogP contribution in [-0.4, -0.2) is 46.6 Å². The van der Waals surface area contributed by atoms with Crippen LogP contribution in [0, 0.1) is 0 Å². The zero-order valence-corrected chi connectivity index (χ0v) is 10.9. The fraction of sp³-hybridized carbons (Fsp3) is 0.500. The fourth-order valence-electron chi connectivity index (χ4n) is 3.23. The number of aromatic nitrogens is 2. The minimum absolute atomic E-state index is 0.108. The number of likely N-dealkylation sites (tertiary alicyclic amines) is 1. The highest BCUT2D eigenvalue weighted by atomic mass is 19.3. The quantitative estimate of drug-likeness (QED) is 0.917. The number of imidazole rings is 1. The molecular weight excluding hydrogens is 264 g/mol. The van der Waals surface area contributed by atoms with Crippen LogP contribution in [0.4, 0.5) is 8.78 Å². The largest absolute Gasteiger partial charge is 0.380 e. The summed E-state index contributed by atoms with van der Waals surface area (Å²) in [6, 6.07) is 4.59. The number of aromatic amines is 1. The Balaban J connectivity index is 1.69. The number of halogens is 2. The summed E-state index contributed by atoms with van der Waals surface area (Å²) in [5.74, 6) is -2.67. The molecule has 2 fully saturated rings. The monoisotopic (exact) mass is 279 g/mol. The van der Waals surface area contributed by atoms with Crippen LogP contribution in [0.5, 0.6) is 0 Å². The van der Waals surface area contributed by atoms with Gasteiger partial charge in [0.15, 0.2) is 0 Å². The molecule has 0 bridgehead atoms. The van der Waals surface area contributed by atoms with Crippen LogP contribution in [0.25, 0.3) is 11.0 Å². The number of ether oxygens (including phenoxy) is 1. The van der Waals surface area contributed by atoms with Crippen LogP contribution in [0.2, 0.25) is 0 Å². The number of benzene rings is 1. The summed E-state index contributed by atoms with van der Waals surface area (Å²) in [6.07, 6.45) is 2.41. The average molecular weight is 279 g/mol. The summed E-state index contributed by atoms with van der Waals surface area (Å²) < 4.78 is 33.3. The molecule has 0 aliphatic carbocycles. The Hall–Kier alpha value is -1.53. The molecule has 0 amide bonds. The van der Waals surface area contributed by atoms with E-state index < -0.39 is 12.0 Å². The molecule has 2 atom stereocenters. The lowest BCUT2D eigenvalue weighted by atomic mass is 9.88. The molecule has 2 aliphatic rings. The number of hydrogen-bond donors (Lipinski definition) is 1. The third kappa shape index (κ3) is 1.75. The molecular formula is C14H15F2N3O. The Morgan fingerprint density at radius 3 is 3.05 bits per heavy atom. The Morgan fingerprint density at radius 2 is 2.30 bits per heavy atom. The molecule has 2 saturated heterocycles. The molecule has 2 aromatic rings. The highest BCUT2D eigenvalue weighted by molar-refractivity contribution is 5.75. The zero-order chi connectivity index (χ0) is 13.7. The van der Waals surface area contributed by atoms with Gasteiger partial charge in [-0.2, -0.15) is 0 Å². The minimum atomic E-state index is -2.67. The van der Waals surface area contributed by atoms with Gasteiger partial charge in [0.2, 0.25) is 0 Å². The third-order valence-corrected chi connectivity index (χ3v) is 4.26. The second-order valence-electron chi connectivity index (χ2n) is 5.53. The van der Waals surface area contributed by atoms with Crippen molar-refractivity contribution in [3.05, 3.63) is 30.1 Å². The summed E-state index contributed by atoms with van der Waals surface area (Å²) >= 11 is 0. The van der Waals surface area contributed by atoms with Crippen molar-refractivity contribution in [2.45, 2.75) is 24.4 Å². The first-order chi connectivity index (χ1) is 9.65. The number of alkyl halides is 2. The van der Waals surface area contributed by atoms with E-state index in [4.69, 9.17) is 4.74 Å². The normalized spacial score (nSPS) is 29.7. The summed E-state index contributed by atoms with van der Waals surface area (Å²) in [5, 5.41) is 0. The van der Waals surface area contributed by atoms with Crippen molar-refractivity contribution in [3.63, 3.8) is 0 Å². The van der Waals surface area contributed by atoms with Gasteiger partial charge in [-0.25, -0.2) is 13.8 Å². The fourth-order valence-corrected chi connectivity index (χ4v) is 3.23. The lowest BCUT2D eigenvalue weighted by Crippen LogP contribution is -2.62. The zero-order valence-electron chi connectivity index (χ0n) is 10.9. The van der Waals surface area contributed by atoms with E-state index in [-0.39, 0.29) is 12.6 Å². The van der Waals surface area contributed by atoms with E-state index in [2.05, 4.69) is 9.97 Å². The summed E-state index contributed by atoms with van der Waals surface area (Å²) in [6.45, 7) is 1.05. The topological polar surface area (TPSA) is 41.1 Å². The average Bonchev–Trinajstić information content (AvgIpc) is 3.07. The second-order valence-corrected chi connectivity index (χ2v) is 5.53. The van der Waals surface area contributed by atoms with Crippen molar-refractivity contribution >= 4 is 11.0 Å². The van der Waals surface area contributed by atoms with E-state index in [0.29, 0.717) is 18.8 Å². The standard InChI is InChI=1S/C14H15F2N3O/c15-14(16)7-19(10-3-4-20-6-10)13(14)9-1-2-11-12(5-9)18-8-17-11/h1-2,5,8,10,13H,3-4,6-7H2,(H,17,18). The van der Waals surface area contributed by atoms with Crippen LogP contribution in [-0.2, 0) is 4.74 Å². The molecule has 3 heterocycles. The van der Waals surface area contributed by atoms with Crippen LogP contribution < -0.4 is 0 Å². The van der Waals surface area contributed by atoms with Gasteiger partial charge in [-0.15, -0.1) is 0 Å². The first-order valence-corrected chi connectivity index (χ1v) is 6.79. The highest BCUT2D eigenvalue weighted by Crippen LogP contribution is 2.48. The lowest BCUT2D eigenvalue weighted by molar-refractivity contribution is -0.201. The molecule has 4 nitrogen and oxygen atoms in total. The maximum absolute atomic E-state index is 14.0. The van der Waals surface area contributed by atoms with Crippen molar-refractivity contribution in [1.82, 2.24) is 14.9 Å². The van der Waals surface area contributed by atoms with Gasteiger partial charge in [0, 0.05) is 12.6 Å². The van der Waals surface area contributed by atoms with Gasteiger partial charge in [-0.3, -0.25) is 4.90 Å². The van der Waals surface area contributed by atoms with Crippen LogP contribution in [0.15, 0.2) is 24.5 Å². The van der Waals surface area contributed by atoms with E-state index in [0.717, 1.165) is 17.5 Å². The van der Waals surface area contributed by atoms with Crippen molar-refractivity contribution in [2.75, 3.05) is 19.8 Å². The van der Waals surface area contributed by atoms with Gasteiger partial charge >= 0.3 is 0 Å². The molecule has 6 heteroatoms. The number of rotatable bonds is 2. The van der Waals surface area contributed by atoms with Gasteiger partial charge in [0.1, 0.15) is 6.04 Å². The molecule has 106 valence electrons. The predicted molar refractivity (Wildman–Crippen MR) is 69.7 cm³/mol. The van der Waals surface area contributed by atoms with E-state index in [1.165, 1.54) is 0 Å². The molecule has 2 aliphatic heterocycles. The lowest BCUT2D eigenvalue weighted by Gasteiger charge is -2.50. The Kier molecular flexibility index (Phi) is 2.59. The van der Waals surface area contributed by atoms with Gasteiger partial charge in [0.05, 0.1) is 30.5 Å². The molecule has 2 unspecified atom stereocenters. The van der Waals surface area contributed by atoms with Crippen LogP contribution >= 0.6 is 0 Å². The van der Waals surface area contributed by atoms with Crippen molar-refractivity contribution in [3.8, 4) is 0 Å². The molecule has 0 spiro atoms. The Bertz CT molecular complexity index is 636. The van der Waals surface area contributed by atoms with Gasteiger partial charge in [-0.1, -0.05) is 6.07 Å². The summed E-state index contributed by atoms with van der Waals surface area (Å²) in [5.41, 5.74) is 2.24. The maximum Gasteiger partial charge on any atom is 0.279 e. The SMILES string of the molecule is FC1(F)CN(C2CCOC2)C1c1ccc2nc[nH]c2c1. The smallest absolute Gasteiger partial charge is 0.279 e. The van der Waals surface area contributed by atoms with Crippen LogP contribution in [0.3, 0.4) is 0 Å². The minimum Gasteiger partial charge on any atom is -0.380 e. The number of hydrogen-bond acceptors (Lipinski definition) is 3. The highest BCUT2D eigenvalue weighted by Gasteiger charge is 2.57. The van der Waals surface area contributed by atoms with Gasteiger partial charge < -0.3 is 9.72 Å². The van der Waals surface area contributed by atoms with Crippen molar-refractivity contribution in [1.29, 1.82) is 0 Å². The molecule has 0 saturated carbocycles. The summed E-state index contributed by atoms with van der Waals surface area (Å²) in [4.78, 5) is 8.96. The first-order valence-electron chi connectivity index (χ1n) is 6.79. The van der Waals surface area contributed by atoms with E-state index in [1.807, 2.05) is 4.90 Å². The summed E-state index contributed by atoms with van der Waals surface area (Å²) in [7, 11) is 0. The molecule has 1 aromatic heterocycles. The number of fused-ring (bicyclic) bond motifs is 1. The molecule has 0 radical (unpaired) electrons. The van der Waals surface area contributed by atoms with Gasteiger partial charge in [0.25, 0.3) is 5.92 Å².